The van der Waals surface area contributed by atoms with E-state index in [9.17, 15) is 0 Å². The van der Waals surface area contributed by atoms with Crippen molar-refractivity contribution < 1.29 is 18.0 Å². The molecule has 2 nitrogen and oxygen atoms in total. The topological polar surface area (TPSA) is 47.6 Å². The Bertz CT molecular complexity index is 565. The van der Waals surface area contributed by atoms with Crippen LogP contribution in [-0.4, -0.2) is 0 Å². The van der Waals surface area contributed by atoms with Gasteiger partial charge in [0.1, 0.15) is 0 Å². The van der Waals surface area contributed by atoms with Gasteiger partial charge in [-0.25, -0.2) is 0 Å². The van der Waals surface area contributed by atoms with E-state index in [4.69, 9.17) is 10.5 Å². The van der Waals surface area contributed by atoms with Crippen LogP contribution in [-0.2, 0) is 18.0 Å². The van der Waals surface area contributed by atoms with Crippen molar-refractivity contribution in [3.8, 4) is 12.1 Å². The molecule has 2 aromatic rings. The Balaban J connectivity index is 2.40. The predicted octanol–water partition coefficient (Wildman–Crippen LogP) is 1.46. The Morgan fingerprint density at radius 1 is 0.706 bits per heavy atom. The molecule has 84 valence electrons. The molecule has 0 unspecified atom stereocenters. The monoisotopic (exact) mass is 310 g/mol. The minimum atomic E-state index is 0.123. The van der Waals surface area contributed by atoms with Crippen LogP contribution in [0.5, 0.6) is 0 Å². The van der Waals surface area contributed by atoms with Gasteiger partial charge in [0.05, 0.1) is 0 Å². The van der Waals surface area contributed by atoms with Crippen LogP contribution >= 0.6 is 0 Å². The zero-order valence-electron chi connectivity index (χ0n) is 8.83. The van der Waals surface area contributed by atoms with Crippen molar-refractivity contribution in [3.63, 3.8) is 0 Å². The maximum atomic E-state index is 9.02. The van der Waals surface area contributed by atoms with Crippen molar-refractivity contribution in [3.05, 3.63) is 59.7 Å². The Morgan fingerprint density at radius 3 is 1.53 bits per heavy atom. The van der Waals surface area contributed by atoms with Gasteiger partial charge in [-0.05, 0) is 0 Å². The summed E-state index contributed by atoms with van der Waals surface area (Å²) in [4.78, 5) is 0. The van der Waals surface area contributed by atoms with Gasteiger partial charge in [0.2, 0.25) is 0 Å². The summed E-state index contributed by atoms with van der Waals surface area (Å²) in [7, 11) is 0. The number of nitrogens with zero attached hydrogens (tertiary/aromatic N) is 2. The van der Waals surface area contributed by atoms with Gasteiger partial charge in [-0.3, -0.25) is 0 Å². The van der Waals surface area contributed by atoms with Gasteiger partial charge in [0.15, 0.2) is 0 Å². The molecule has 17 heavy (non-hydrogen) atoms. The van der Waals surface area contributed by atoms with Crippen molar-refractivity contribution in [2.24, 2.45) is 0 Å². The van der Waals surface area contributed by atoms with E-state index in [1.54, 1.807) is 0 Å². The normalized spacial score (nSPS) is 9.53. The molecule has 0 saturated carbocycles. The fourth-order valence-corrected chi connectivity index (χ4v) is 3.17. The van der Waals surface area contributed by atoms with E-state index in [0.717, 1.165) is 8.07 Å². The SMILES string of the molecule is N#Cc1cccc[c]1[Pd][c]1ccccc1C#N. The van der Waals surface area contributed by atoms with Gasteiger partial charge in [-0.15, -0.1) is 0 Å². The van der Waals surface area contributed by atoms with Crippen LogP contribution in [0, 0.1) is 22.7 Å². The van der Waals surface area contributed by atoms with Crippen molar-refractivity contribution >= 4 is 8.07 Å². The fraction of sp³-hybridized carbons (Fsp3) is 0. The molecule has 0 aromatic heterocycles. The Kier molecular flexibility index (Phi) is 3.69. The van der Waals surface area contributed by atoms with Crippen molar-refractivity contribution in [2.45, 2.75) is 0 Å². The fourth-order valence-electron chi connectivity index (χ4n) is 1.30. The molecule has 0 radical (unpaired) electrons. The summed E-state index contributed by atoms with van der Waals surface area (Å²) in [6, 6.07) is 19.4. The summed E-state index contributed by atoms with van der Waals surface area (Å²) in [5.41, 5.74) is 1.38. The summed E-state index contributed by atoms with van der Waals surface area (Å²) in [6.45, 7) is 0. The van der Waals surface area contributed by atoms with Crippen LogP contribution < -0.4 is 8.07 Å². The third-order valence-corrected chi connectivity index (χ3v) is 4.30. The van der Waals surface area contributed by atoms with Crippen molar-refractivity contribution in [1.82, 2.24) is 0 Å². The molecule has 0 aliphatic rings. The molecular formula is C14H8N2Pd. The van der Waals surface area contributed by atoms with Gasteiger partial charge in [0.25, 0.3) is 0 Å². The average molecular weight is 311 g/mol. The minimum absolute atomic E-state index is 0.123. The molecule has 0 saturated heterocycles. The average Bonchev–Trinajstić information content (AvgIpc) is 2.40. The van der Waals surface area contributed by atoms with Crippen molar-refractivity contribution in [1.29, 1.82) is 10.5 Å². The van der Waals surface area contributed by atoms with Crippen molar-refractivity contribution in [2.75, 3.05) is 0 Å². The van der Waals surface area contributed by atoms with E-state index >= 15 is 0 Å². The summed E-state index contributed by atoms with van der Waals surface area (Å²) in [5.74, 6) is 0. The zero-order chi connectivity index (χ0) is 12.1. The van der Waals surface area contributed by atoms with Gasteiger partial charge in [0, 0.05) is 0 Å². The quantitative estimate of drug-likeness (QED) is 0.789. The van der Waals surface area contributed by atoms with Gasteiger partial charge in [-0.1, -0.05) is 0 Å². The van der Waals surface area contributed by atoms with Gasteiger partial charge >= 0.3 is 108 Å². The molecule has 0 atom stereocenters. The second-order valence-corrected chi connectivity index (χ2v) is 5.26. The number of hydrogen-bond donors (Lipinski definition) is 0. The van der Waals surface area contributed by atoms with E-state index in [1.165, 1.54) is 0 Å². The van der Waals surface area contributed by atoms with E-state index < -0.39 is 0 Å². The number of rotatable bonds is 2. The molecule has 0 spiro atoms. The predicted molar refractivity (Wildman–Crippen MR) is 61.6 cm³/mol. The summed E-state index contributed by atoms with van der Waals surface area (Å²) in [6.07, 6.45) is 0. The van der Waals surface area contributed by atoms with Crippen LogP contribution in [0.3, 0.4) is 0 Å². The van der Waals surface area contributed by atoms with E-state index in [1.807, 2.05) is 48.5 Å². The van der Waals surface area contributed by atoms with Gasteiger partial charge in [-0.2, -0.15) is 0 Å². The third-order valence-electron chi connectivity index (χ3n) is 2.11. The molecule has 0 bridgehead atoms. The van der Waals surface area contributed by atoms with Crippen LogP contribution in [0.25, 0.3) is 0 Å². The van der Waals surface area contributed by atoms with Crippen LogP contribution in [0.1, 0.15) is 11.1 Å². The molecule has 0 aliphatic heterocycles. The zero-order valence-corrected chi connectivity index (χ0v) is 10.4. The number of hydrogen-bond acceptors (Lipinski definition) is 2. The third kappa shape index (κ3) is 2.61. The Morgan fingerprint density at radius 2 is 1.12 bits per heavy atom. The van der Waals surface area contributed by atoms with E-state index in [-0.39, 0.29) is 18.0 Å². The molecule has 0 fully saturated rings. The first-order valence-corrected chi connectivity index (χ1v) is 6.47. The molecular weight excluding hydrogens is 303 g/mol. The summed E-state index contributed by atoms with van der Waals surface area (Å²) < 4.78 is 2.01. The number of nitriles is 2. The molecule has 0 N–H and O–H groups in total. The van der Waals surface area contributed by atoms with Crippen LogP contribution in [0.4, 0.5) is 0 Å². The first kappa shape index (κ1) is 11.6. The first-order valence-electron chi connectivity index (χ1n) is 4.92. The molecule has 2 rings (SSSR count). The van der Waals surface area contributed by atoms with E-state index in [2.05, 4.69) is 12.1 Å². The van der Waals surface area contributed by atoms with Crippen LogP contribution in [0.15, 0.2) is 48.5 Å². The molecule has 0 heterocycles. The second kappa shape index (κ2) is 5.42. The maximum absolute atomic E-state index is 9.02. The Hall–Kier alpha value is -1.92. The van der Waals surface area contributed by atoms with Crippen LogP contribution in [0.2, 0.25) is 0 Å². The van der Waals surface area contributed by atoms with E-state index in [0.29, 0.717) is 11.1 Å². The molecule has 0 aliphatic carbocycles. The molecule has 3 heteroatoms. The second-order valence-electron chi connectivity index (χ2n) is 3.20. The number of benzene rings is 2. The molecule has 2 aromatic carbocycles. The first-order chi connectivity index (χ1) is 8.35. The summed E-state index contributed by atoms with van der Waals surface area (Å²) >= 11 is 0.123. The standard InChI is InChI=1S/2C7H4N.Pd/c2*8-6-7-4-2-1-3-5-7;/h2*1-4H;. The van der Waals surface area contributed by atoms with Gasteiger partial charge < -0.3 is 0 Å². The Labute approximate surface area is 108 Å². The summed E-state index contributed by atoms with van der Waals surface area (Å²) in [5, 5.41) is 18.0. The molecule has 0 amide bonds.